The van der Waals surface area contributed by atoms with Gasteiger partial charge in [-0.25, -0.2) is 4.79 Å². The summed E-state index contributed by atoms with van der Waals surface area (Å²) < 4.78 is 10.9. The molecule has 0 saturated heterocycles. The molecule has 0 aliphatic carbocycles. The van der Waals surface area contributed by atoms with Crippen molar-refractivity contribution in [2.24, 2.45) is 0 Å². The smallest absolute Gasteiger partial charge is 0.377 e. The van der Waals surface area contributed by atoms with Gasteiger partial charge in [0.2, 0.25) is 0 Å². The molecule has 78 valence electrons. The normalized spacial score (nSPS) is 12.1. The molecule has 0 radical (unpaired) electrons. The Morgan fingerprint density at radius 1 is 1.71 bits per heavy atom. The van der Waals surface area contributed by atoms with Crippen molar-refractivity contribution in [2.75, 3.05) is 7.11 Å². The summed E-state index contributed by atoms with van der Waals surface area (Å²) in [7, 11) is 1.55. The van der Waals surface area contributed by atoms with E-state index in [1.165, 1.54) is 4.57 Å². The van der Waals surface area contributed by atoms with Crippen molar-refractivity contribution in [3.8, 4) is 0 Å². The molecule has 1 heterocycles. The summed E-state index contributed by atoms with van der Waals surface area (Å²) in [4.78, 5) is 11.2. The molecule has 0 aliphatic heterocycles. The predicted molar refractivity (Wildman–Crippen MR) is 50.9 cm³/mol. The van der Waals surface area contributed by atoms with Gasteiger partial charge in [0.1, 0.15) is 6.61 Å². The average molecular weight is 198 g/mol. The standard InChI is InChI=1S/C9H14N2O3/c1-4-7(2)5-11-8(6-13-3)10-14-9(11)12/h4H,5-6H2,1-3H3/b7-4+. The zero-order chi connectivity index (χ0) is 10.6. The quantitative estimate of drug-likeness (QED) is 0.676. The molecule has 5 heteroatoms. The Morgan fingerprint density at radius 2 is 2.43 bits per heavy atom. The monoisotopic (exact) mass is 198 g/mol. The SMILES string of the molecule is C/C=C(\C)Cn1c(COC)noc1=O. The molecule has 1 aromatic rings. The molecule has 14 heavy (non-hydrogen) atoms. The van der Waals surface area contributed by atoms with Crippen LogP contribution in [-0.2, 0) is 17.9 Å². The van der Waals surface area contributed by atoms with Crippen molar-refractivity contribution < 1.29 is 9.26 Å². The maximum absolute atomic E-state index is 11.2. The Hall–Kier alpha value is -1.36. The molecule has 0 bridgehead atoms. The van der Waals surface area contributed by atoms with Gasteiger partial charge in [-0.3, -0.25) is 9.09 Å². The summed E-state index contributed by atoms with van der Waals surface area (Å²) in [5, 5.41) is 3.62. The van der Waals surface area contributed by atoms with Crippen LogP contribution in [0.15, 0.2) is 21.0 Å². The minimum atomic E-state index is -0.446. The van der Waals surface area contributed by atoms with Gasteiger partial charge in [-0.05, 0) is 13.8 Å². The second-order valence-electron chi connectivity index (χ2n) is 3.02. The first-order valence-corrected chi connectivity index (χ1v) is 4.35. The van der Waals surface area contributed by atoms with E-state index in [1.807, 2.05) is 19.9 Å². The summed E-state index contributed by atoms with van der Waals surface area (Å²) >= 11 is 0. The van der Waals surface area contributed by atoms with Crippen LogP contribution < -0.4 is 5.76 Å². The van der Waals surface area contributed by atoms with E-state index in [-0.39, 0.29) is 6.61 Å². The average Bonchev–Trinajstić information content (AvgIpc) is 2.50. The minimum Gasteiger partial charge on any atom is -0.377 e. The largest absolute Gasteiger partial charge is 0.441 e. The number of hydrogen-bond acceptors (Lipinski definition) is 4. The molecule has 0 spiro atoms. The Morgan fingerprint density at radius 3 is 3.00 bits per heavy atom. The lowest BCUT2D eigenvalue weighted by Crippen LogP contribution is -2.18. The van der Waals surface area contributed by atoms with E-state index in [0.717, 1.165) is 5.57 Å². The summed E-state index contributed by atoms with van der Waals surface area (Å²) in [6, 6.07) is 0. The van der Waals surface area contributed by atoms with Gasteiger partial charge in [0.05, 0.1) is 6.54 Å². The number of ether oxygens (including phenoxy) is 1. The van der Waals surface area contributed by atoms with Gasteiger partial charge >= 0.3 is 5.76 Å². The number of hydrogen-bond donors (Lipinski definition) is 0. The van der Waals surface area contributed by atoms with Crippen LogP contribution in [0.5, 0.6) is 0 Å². The molecule has 0 aromatic carbocycles. The highest BCUT2D eigenvalue weighted by Gasteiger charge is 2.09. The minimum absolute atomic E-state index is 0.280. The topological polar surface area (TPSA) is 57.3 Å². The van der Waals surface area contributed by atoms with Gasteiger partial charge in [-0.15, -0.1) is 0 Å². The highest BCUT2D eigenvalue weighted by atomic mass is 16.5. The van der Waals surface area contributed by atoms with Crippen molar-refractivity contribution in [3.63, 3.8) is 0 Å². The molecule has 0 amide bonds. The molecule has 1 aromatic heterocycles. The van der Waals surface area contributed by atoms with E-state index in [0.29, 0.717) is 12.4 Å². The zero-order valence-corrected chi connectivity index (χ0v) is 8.61. The number of aromatic nitrogens is 2. The van der Waals surface area contributed by atoms with Gasteiger partial charge < -0.3 is 4.74 Å². The van der Waals surface area contributed by atoms with E-state index in [9.17, 15) is 4.79 Å². The molecular weight excluding hydrogens is 184 g/mol. The van der Waals surface area contributed by atoms with Crippen molar-refractivity contribution in [2.45, 2.75) is 27.0 Å². The first-order chi connectivity index (χ1) is 6.69. The van der Waals surface area contributed by atoms with Crippen molar-refractivity contribution >= 4 is 0 Å². The molecule has 0 fully saturated rings. The number of methoxy groups -OCH3 is 1. The second kappa shape index (κ2) is 4.76. The van der Waals surface area contributed by atoms with E-state index in [4.69, 9.17) is 4.74 Å². The predicted octanol–water partition coefficient (Wildman–Crippen LogP) is 0.949. The van der Waals surface area contributed by atoms with E-state index in [1.54, 1.807) is 7.11 Å². The fourth-order valence-corrected chi connectivity index (χ4v) is 1.03. The third kappa shape index (κ3) is 2.32. The fraction of sp³-hybridized carbons (Fsp3) is 0.556. The van der Waals surface area contributed by atoms with Gasteiger partial charge in [0, 0.05) is 7.11 Å². The third-order valence-electron chi connectivity index (χ3n) is 1.93. The van der Waals surface area contributed by atoms with Crippen molar-refractivity contribution in [1.29, 1.82) is 0 Å². The van der Waals surface area contributed by atoms with Crippen LogP contribution >= 0.6 is 0 Å². The molecular formula is C9H14N2O3. The highest BCUT2D eigenvalue weighted by molar-refractivity contribution is 4.98. The summed E-state index contributed by atoms with van der Waals surface area (Å²) in [6.45, 7) is 4.64. The Balaban J connectivity index is 2.93. The molecule has 0 N–H and O–H groups in total. The maximum atomic E-state index is 11.2. The van der Waals surface area contributed by atoms with E-state index in [2.05, 4.69) is 9.68 Å². The highest BCUT2D eigenvalue weighted by Crippen LogP contribution is 2.00. The molecule has 1 rings (SSSR count). The van der Waals surface area contributed by atoms with Crippen LogP contribution in [0.25, 0.3) is 0 Å². The molecule has 0 atom stereocenters. The van der Waals surface area contributed by atoms with Crippen LogP contribution in [0.1, 0.15) is 19.7 Å². The van der Waals surface area contributed by atoms with Crippen LogP contribution in [0.3, 0.4) is 0 Å². The van der Waals surface area contributed by atoms with E-state index < -0.39 is 5.76 Å². The Bertz CT molecular complexity index is 376. The fourth-order valence-electron chi connectivity index (χ4n) is 1.03. The lowest BCUT2D eigenvalue weighted by atomic mass is 10.3. The van der Waals surface area contributed by atoms with Crippen LogP contribution in [0, 0.1) is 0 Å². The van der Waals surface area contributed by atoms with Gasteiger partial charge in [0.15, 0.2) is 5.82 Å². The van der Waals surface area contributed by atoms with Crippen LogP contribution in [-0.4, -0.2) is 16.8 Å². The summed E-state index contributed by atoms with van der Waals surface area (Å²) in [5.41, 5.74) is 1.08. The Kier molecular flexibility index (Phi) is 3.64. The third-order valence-corrected chi connectivity index (χ3v) is 1.93. The molecule has 0 aliphatic rings. The summed E-state index contributed by atoms with van der Waals surface area (Å²) in [5.74, 6) is 0.0666. The zero-order valence-electron chi connectivity index (χ0n) is 8.61. The summed E-state index contributed by atoms with van der Waals surface area (Å²) in [6.07, 6.45) is 1.94. The molecule has 0 unspecified atom stereocenters. The lowest BCUT2D eigenvalue weighted by Gasteiger charge is -2.02. The molecule has 0 saturated carbocycles. The van der Waals surface area contributed by atoms with Gasteiger partial charge in [-0.2, -0.15) is 0 Å². The van der Waals surface area contributed by atoms with Gasteiger partial charge in [-0.1, -0.05) is 16.8 Å². The first kappa shape index (κ1) is 10.7. The van der Waals surface area contributed by atoms with E-state index >= 15 is 0 Å². The number of rotatable bonds is 4. The van der Waals surface area contributed by atoms with Gasteiger partial charge in [0.25, 0.3) is 0 Å². The number of allylic oxidation sites excluding steroid dienone is 2. The molecule has 5 nitrogen and oxygen atoms in total. The van der Waals surface area contributed by atoms with Crippen molar-refractivity contribution in [3.05, 3.63) is 28.0 Å². The van der Waals surface area contributed by atoms with Crippen LogP contribution in [0.4, 0.5) is 0 Å². The maximum Gasteiger partial charge on any atom is 0.441 e. The lowest BCUT2D eigenvalue weighted by molar-refractivity contribution is 0.171. The Labute approximate surface area is 82.0 Å². The second-order valence-corrected chi connectivity index (χ2v) is 3.02. The van der Waals surface area contributed by atoms with Crippen molar-refractivity contribution in [1.82, 2.24) is 9.72 Å². The van der Waals surface area contributed by atoms with Crippen LogP contribution in [0.2, 0.25) is 0 Å². The number of nitrogens with zero attached hydrogens (tertiary/aromatic N) is 2. The first-order valence-electron chi connectivity index (χ1n) is 4.35.